The summed E-state index contributed by atoms with van der Waals surface area (Å²) in [6.45, 7) is 0. The first-order chi connectivity index (χ1) is 58.6. The molecule has 0 radical (unpaired) electrons. The minimum absolute atomic E-state index is 1.08. The summed E-state index contributed by atoms with van der Waals surface area (Å²) in [5.41, 5.74) is 32.4. The normalized spacial score (nSPS) is 11.4. The summed E-state index contributed by atoms with van der Waals surface area (Å²) in [6.07, 6.45) is 0. The SMILES string of the molecule is c1ccc(-c2ccc(N(c3ccc(-c4ccccc4)cc3)c3ccc(-n4c5cc(-c6ccccc6)ccc5c5c6ccccc6n(-c6ccccc6)c54)cc3)cc2)cc1.c1ccc(-c2ccc(N(c3ccc(-c4ccccc4)cc3)c3ccc(-n4c5ccc(-c6ccccc6)cc5c5c6ccccc6n(-c6ccccc6)c54)cc3)cc2)cc1. The van der Waals surface area contributed by atoms with Crippen molar-refractivity contribution in [1.29, 1.82) is 0 Å². The average molecular weight is 1510 g/mol. The maximum atomic E-state index is 2.46. The molecule has 0 fully saturated rings. The number of hydrogen-bond acceptors (Lipinski definition) is 2. The van der Waals surface area contributed by atoms with Crippen LogP contribution in [-0.2, 0) is 0 Å². The Hall–Kier alpha value is -15.8. The van der Waals surface area contributed by atoms with E-state index in [-0.39, 0.29) is 0 Å². The molecule has 0 bridgehead atoms. The van der Waals surface area contributed by atoms with Crippen LogP contribution in [0.5, 0.6) is 0 Å². The zero-order chi connectivity index (χ0) is 78.2. The smallest absolute Gasteiger partial charge is 0.131 e. The molecule has 556 valence electrons. The number of rotatable bonds is 16. The van der Waals surface area contributed by atoms with E-state index in [1.807, 2.05) is 0 Å². The maximum absolute atomic E-state index is 2.46. The summed E-state index contributed by atoms with van der Waals surface area (Å²) in [5, 5.41) is 7.44. The Bertz CT molecular complexity index is 7080. The van der Waals surface area contributed by atoms with Gasteiger partial charge in [-0.2, -0.15) is 0 Å². The average Bonchev–Trinajstić information content (AvgIpc) is 1.55. The van der Waals surface area contributed by atoms with Gasteiger partial charge in [-0.3, -0.25) is 18.3 Å². The lowest BCUT2D eigenvalue weighted by Crippen LogP contribution is -2.10. The third-order valence-corrected chi connectivity index (χ3v) is 23.0. The molecule has 0 atom stereocenters. The second-order valence-electron chi connectivity index (χ2n) is 30.0. The molecule has 0 saturated carbocycles. The molecule has 4 aromatic heterocycles. The number of hydrogen-bond donors (Lipinski definition) is 0. The topological polar surface area (TPSA) is 26.2 Å². The van der Waals surface area contributed by atoms with Crippen molar-refractivity contribution < 1.29 is 0 Å². The van der Waals surface area contributed by atoms with Gasteiger partial charge in [0.15, 0.2) is 0 Å². The van der Waals surface area contributed by atoms with E-state index in [2.05, 4.69) is 501 Å². The van der Waals surface area contributed by atoms with Crippen LogP contribution < -0.4 is 9.80 Å². The molecular formula is C112H78N6. The Balaban J connectivity index is 0.000000147. The van der Waals surface area contributed by atoms with Gasteiger partial charge in [0.25, 0.3) is 0 Å². The number of fused-ring (bicyclic) bond motifs is 10. The van der Waals surface area contributed by atoms with Gasteiger partial charge in [0.2, 0.25) is 0 Å². The number of anilines is 6. The van der Waals surface area contributed by atoms with Gasteiger partial charge in [-0.05, 0) is 218 Å². The summed E-state index contributed by atoms with van der Waals surface area (Å²) in [7, 11) is 0. The fourth-order valence-electron chi connectivity index (χ4n) is 17.4. The van der Waals surface area contributed by atoms with Gasteiger partial charge in [0.1, 0.15) is 11.3 Å². The van der Waals surface area contributed by atoms with Crippen molar-refractivity contribution >= 4 is 99.8 Å². The van der Waals surface area contributed by atoms with E-state index in [1.165, 1.54) is 121 Å². The van der Waals surface area contributed by atoms with Crippen LogP contribution in [0.15, 0.2) is 473 Å². The molecule has 0 N–H and O–H groups in total. The largest absolute Gasteiger partial charge is 0.311 e. The van der Waals surface area contributed by atoms with Crippen molar-refractivity contribution in [3.8, 4) is 89.5 Å². The first kappa shape index (κ1) is 70.1. The molecule has 4 heterocycles. The molecule has 0 aliphatic heterocycles. The zero-order valence-corrected chi connectivity index (χ0v) is 64.7. The van der Waals surface area contributed by atoms with Gasteiger partial charge in [-0.15, -0.1) is 0 Å². The van der Waals surface area contributed by atoms with Crippen molar-refractivity contribution in [2.24, 2.45) is 0 Å². The van der Waals surface area contributed by atoms with Crippen LogP contribution in [-0.4, -0.2) is 18.3 Å². The van der Waals surface area contributed by atoms with E-state index in [4.69, 9.17) is 0 Å². The summed E-state index contributed by atoms with van der Waals surface area (Å²) >= 11 is 0. The van der Waals surface area contributed by atoms with Crippen LogP contribution in [0.4, 0.5) is 34.1 Å². The van der Waals surface area contributed by atoms with Crippen LogP contribution in [0.1, 0.15) is 0 Å². The number of aromatic nitrogens is 4. The molecular weight excluding hydrogens is 1430 g/mol. The van der Waals surface area contributed by atoms with Crippen LogP contribution in [0, 0.1) is 0 Å². The van der Waals surface area contributed by atoms with E-state index in [1.54, 1.807) is 0 Å². The van der Waals surface area contributed by atoms with Gasteiger partial charge in [0.05, 0.1) is 22.1 Å². The second-order valence-corrected chi connectivity index (χ2v) is 30.0. The van der Waals surface area contributed by atoms with Crippen molar-refractivity contribution in [1.82, 2.24) is 18.3 Å². The predicted octanol–water partition coefficient (Wildman–Crippen LogP) is 30.4. The summed E-state index contributed by atoms with van der Waals surface area (Å²) in [4.78, 5) is 4.70. The highest BCUT2D eigenvalue weighted by Crippen LogP contribution is 2.47. The minimum atomic E-state index is 1.08. The van der Waals surface area contributed by atoms with Gasteiger partial charge < -0.3 is 9.80 Å². The maximum Gasteiger partial charge on any atom is 0.131 e. The predicted molar refractivity (Wildman–Crippen MR) is 497 cm³/mol. The van der Waals surface area contributed by atoms with Gasteiger partial charge in [0, 0.05) is 89.2 Å². The number of benzene rings is 18. The third kappa shape index (κ3) is 12.9. The Morgan fingerprint density at radius 3 is 0.678 bits per heavy atom. The monoisotopic (exact) mass is 1510 g/mol. The Labute approximate surface area is 686 Å². The Morgan fingerprint density at radius 1 is 0.136 bits per heavy atom. The Kier molecular flexibility index (Phi) is 18.2. The van der Waals surface area contributed by atoms with Gasteiger partial charge >= 0.3 is 0 Å². The fourth-order valence-corrected chi connectivity index (χ4v) is 17.4. The van der Waals surface area contributed by atoms with Crippen molar-refractivity contribution in [2.45, 2.75) is 0 Å². The van der Waals surface area contributed by atoms with E-state index < -0.39 is 0 Å². The first-order valence-corrected chi connectivity index (χ1v) is 40.4. The van der Waals surface area contributed by atoms with Gasteiger partial charge in [-0.25, -0.2) is 0 Å². The van der Waals surface area contributed by atoms with Crippen LogP contribution in [0.3, 0.4) is 0 Å². The molecule has 0 unspecified atom stereocenters. The summed E-state index contributed by atoms with van der Waals surface area (Å²) in [5.74, 6) is 0. The van der Waals surface area contributed by atoms with E-state index in [0.29, 0.717) is 0 Å². The molecule has 6 nitrogen and oxygen atoms in total. The van der Waals surface area contributed by atoms with Crippen molar-refractivity contribution in [2.75, 3.05) is 9.80 Å². The Morgan fingerprint density at radius 2 is 0.347 bits per heavy atom. The lowest BCUT2D eigenvalue weighted by molar-refractivity contribution is 1.07. The molecule has 18 aromatic carbocycles. The van der Waals surface area contributed by atoms with Crippen LogP contribution in [0.2, 0.25) is 0 Å². The summed E-state index contributed by atoms with van der Waals surface area (Å²) < 4.78 is 9.76. The highest BCUT2D eigenvalue weighted by molar-refractivity contribution is 6.24. The van der Waals surface area contributed by atoms with E-state index in [9.17, 15) is 0 Å². The molecule has 22 rings (SSSR count). The molecule has 0 aliphatic carbocycles. The zero-order valence-electron chi connectivity index (χ0n) is 64.7. The quantitative estimate of drug-likeness (QED) is 0.0964. The number of para-hydroxylation sites is 4. The van der Waals surface area contributed by atoms with E-state index >= 15 is 0 Å². The van der Waals surface area contributed by atoms with Crippen LogP contribution >= 0.6 is 0 Å². The third-order valence-electron chi connectivity index (χ3n) is 23.0. The molecule has 0 saturated heterocycles. The van der Waals surface area contributed by atoms with Crippen LogP contribution in [0.25, 0.3) is 155 Å². The standard InChI is InChI=1S/2C56H39N3/c1-5-15-40(16-6-1)43-25-30-47(31-26-43)57(48-32-27-44(28-33-48)41-17-7-2-8-18-41)49-34-36-50(37-35-49)59-54-38-29-45(42-19-9-3-10-20-42)39-52(54)55-51-23-13-14-24-53(51)58(56(55)59)46-21-11-4-12-22-46;1-5-15-40(16-6-1)43-25-30-47(31-26-43)57(48-32-27-44(28-33-48)41-17-7-2-8-18-41)49-34-36-50(37-35-49)59-54-39-45(42-19-9-3-10-20-42)29-38-52(54)55-51-23-13-14-24-53(51)58(56(55)59)46-21-11-4-12-22-46/h2*1-39H. The second kappa shape index (κ2) is 30.6. The minimum Gasteiger partial charge on any atom is -0.311 e. The van der Waals surface area contributed by atoms with Crippen molar-refractivity contribution in [3.63, 3.8) is 0 Å². The fraction of sp³-hybridized carbons (Fsp3) is 0. The lowest BCUT2D eigenvalue weighted by Gasteiger charge is -2.26. The molecule has 118 heavy (non-hydrogen) atoms. The molecule has 6 heteroatoms. The molecule has 0 aliphatic rings. The van der Waals surface area contributed by atoms with Gasteiger partial charge in [-0.1, -0.05) is 322 Å². The van der Waals surface area contributed by atoms with Crippen molar-refractivity contribution in [3.05, 3.63) is 473 Å². The summed E-state index contributed by atoms with van der Waals surface area (Å²) in [6, 6.07) is 170. The number of nitrogens with zero attached hydrogens (tertiary/aromatic N) is 6. The first-order valence-electron chi connectivity index (χ1n) is 40.4. The van der Waals surface area contributed by atoms with E-state index in [0.717, 1.165) is 68.2 Å². The highest BCUT2D eigenvalue weighted by atomic mass is 15.2. The molecule has 22 aromatic rings. The lowest BCUT2D eigenvalue weighted by atomic mass is 10.0. The molecule has 0 amide bonds. The molecule has 0 spiro atoms. The highest BCUT2D eigenvalue weighted by Gasteiger charge is 2.26.